The molecule has 1 fully saturated rings. The molecule has 1 aliphatic rings. The van der Waals surface area contributed by atoms with Crippen LogP contribution in [0.2, 0.25) is 0 Å². The second-order valence-corrected chi connectivity index (χ2v) is 9.55. The van der Waals surface area contributed by atoms with Crippen LogP contribution in [0.15, 0.2) is 91.1 Å². The molecule has 2 amide bonds. The molecule has 0 aliphatic carbocycles. The Kier molecular flexibility index (Phi) is 7.43. The number of aromatic nitrogens is 1. The molecule has 36 heavy (non-hydrogen) atoms. The zero-order chi connectivity index (χ0) is 24.7. The molecule has 3 N–H and O–H groups in total. The highest BCUT2D eigenvalue weighted by Gasteiger charge is 2.25. The number of H-pyrrole nitrogens is 1. The molecule has 2 heterocycles. The summed E-state index contributed by atoms with van der Waals surface area (Å²) in [5.41, 5.74) is 3.51. The summed E-state index contributed by atoms with van der Waals surface area (Å²) in [6, 6.07) is 26.7. The number of hydrogen-bond donors (Lipinski definition) is 3. The number of fused-ring (bicyclic) bond motifs is 1. The molecule has 0 spiro atoms. The van der Waals surface area contributed by atoms with E-state index < -0.39 is 6.04 Å². The Hall–Kier alpha value is -3.90. The summed E-state index contributed by atoms with van der Waals surface area (Å²) in [6.07, 6.45) is 3.94. The average Bonchev–Trinajstić information content (AvgIpc) is 3.40. The van der Waals surface area contributed by atoms with E-state index in [-0.39, 0.29) is 11.8 Å². The molecular formula is C30H32N4O2. The van der Waals surface area contributed by atoms with Gasteiger partial charge in [0.1, 0.15) is 6.04 Å². The summed E-state index contributed by atoms with van der Waals surface area (Å²) in [7, 11) is 0. The number of nitrogens with one attached hydrogen (secondary N) is 3. The van der Waals surface area contributed by atoms with Crippen molar-refractivity contribution in [3.05, 3.63) is 108 Å². The smallest absolute Gasteiger partial charge is 0.252 e. The largest absolute Gasteiger partial charge is 0.361 e. The minimum Gasteiger partial charge on any atom is -0.361 e. The third-order valence-corrected chi connectivity index (χ3v) is 7.01. The molecule has 0 unspecified atom stereocenters. The molecule has 184 valence electrons. The van der Waals surface area contributed by atoms with Gasteiger partial charge in [-0.05, 0) is 66.6 Å². The summed E-state index contributed by atoms with van der Waals surface area (Å²) in [5, 5.41) is 7.12. The average molecular weight is 481 g/mol. The van der Waals surface area contributed by atoms with Gasteiger partial charge >= 0.3 is 0 Å². The van der Waals surface area contributed by atoms with E-state index in [0.717, 1.165) is 48.9 Å². The van der Waals surface area contributed by atoms with Crippen molar-refractivity contribution >= 4 is 22.7 Å². The number of carbonyl (C=O) groups excluding carboxylic acids is 2. The number of carbonyl (C=O) groups is 2. The number of likely N-dealkylation sites (tertiary alicyclic amines) is 1. The van der Waals surface area contributed by atoms with E-state index >= 15 is 0 Å². The lowest BCUT2D eigenvalue weighted by molar-refractivity contribution is -0.123. The first-order valence-corrected chi connectivity index (χ1v) is 12.6. The normalized spacial score (nSPS) is 15.4. The fourth-order valence-corrected chi connectivity index (χ4v) is 4.89. The SMILES string of the molecule is O=C(N[C@@H](C(=O)NCC1CCN(Cc2ccccc2)CC1)c1ccccc1)c1ccc2cc[nH]c2c1. The first-order chi connectivity index (χ1) is 17.7. The zero-order valence-electron chi connectivity index (χ0n) is 20.3. The molecule has 4 aromatic rings. The monoisotopic (exact) mass is 480 g/mol. The van der Waals surface area contributed by atoms with Gasteiger partial charge in [0, 0.05) is 30.4 Å². The first-order valence-electron chi connectivity index (χ1n) is 12.6. The molecule has 5 rings (SSSR count). The Balaban J connectivity index is 1.18. The number of hydrogen-bond acceptors (Lipinski definition) is 3. The minimum absolute atomic E-state index is 0.179. The molecule has 3 aromatic carbocycles. The molecule has 6 heteroatoms. The highest BCUT2D eigenvalue weighted by atomic mass is 16.2. The lowest BCUT2D eigenvalue weighted by atomic mass is 9.96. The van der Waals surface area contributed by atoms with E-state index in [1.807, 2.05) is 60.8 Å². The number of nitrogens with zero attached hydrogens (tertiary/aromatic N) is 1. The third kappa shape index (κ3) is 5.83. The summed E-state index contributed by atoms with van der Waals surface area (Å²) in [6.45, 7) is 3.63. The van der Waals surface area contributed by atoms with Crippen molar-refractivity contribution in [3.8, 4) is 0 Å². The van der Waals surface area contributed by atoms with Crippen molar-refractivity contribution in [3.63, 3.8) is 0 Å². The van der Waals surface area contributed by atoms with Gasteiger partial charge in [0.15, 0.2) is 0 Å². The van der Waals surface area contributed by atoms with Gasteiger partial charge in [0.05, 0.1) is 0 Å². The lowest BCUT2D eigenvalue weighted by Gasteiger charge is -2.32. The molecule has 1 aliphatic heterocycles. The molecular weight excluding hydrogens is 448 g/mol. The fourth-order valence-electron chi connectivity index (χ4n) is 4.89. The van der Waals surface area contributed by atoms with E-state index in [0.29, 0.717) is 18.0 Å². The Bertz CT molecular complexity index is 1290. The predicted molar refractivity (Wildman–Crippen MR) is 142 cm³/mol. The molecule has 6 nitrogen and oxygen atoms in total. The molecule has 0 saturated carbocycles. The summed E-state index contributed by atoms with van der Waals surface area (Å²) in [5.74, 6) is -0.0182. The van der Waals surface area contributed by atoms with Crippen LogP contribution < -0.4 is 10.6 Å². The topological polar surface area (TPSA) is 77.2 Å². The number of rotatable bonds is 8. The molecule has 1 aromatic heterocycles. The number of amides is 2. The maximum atomic E-state index is 13.3. The van der Waals surface area contributed by atoms with Crippen molar-refractivity contribution < 1.29 is 9.59 Å². The van der Waals surface area contributed by atoms with E-state index in [4.69, 9.17) is 0 Å². The van der Waals surface area contributed by atoms with Gasteiger partial charge in [-0.3, -0.25) is 14.5 Å². The third-order valence-electron chi connectivity index (χ3n) is 7.01. The summed E-state index contributed by atoms with van der Waals surface area (Å²) >= 11 is 0. The van der Waals surface area contributed by atoms with E-state index in [1.54, 1.807) is 6.07 Å². The molecule has 1 saturated heterocycles. The number of benzene rings is 3. The van der Waals surface area contributed by atoms with Crippen LogP contribution in [0, 0.1) is 5.92 Å². The van der Waals surface area contributed by atoms with Gasteiger partial charge in [-0.25, -0.2) is 0 Å². The van der Waals surface area contributed by atoms with Crippen LogP contribution in [0.3, 0.4) is 0 Å². The van der Waals surface area contributed by atoms with Crippen molar-refractivity contribution in [1.29, 1.82) is 0 Å². The number of piperidine rings is 1. The zero-order valence-corrected chi connectivity index (χ0v) is 20.3. The van der Waals surface area contributed by atoms with Crippen molar-refractivity contribution in [1.82, 2.24) is 20.5 Å². The highest BCUT2D eigenvalue weighted by molar-refractivity contribution is 6.00. The van der Waals surface area contributed by atoms with Crippen LogP contribution in [-0.2, 0) is 11.3 Å². The second-order valence-electron chi connectivity index (χ2n) is 9.55. The van der Waals surface area contributed by atoms with E-state index in [9.17, 15) is 9.59 Å². The van der Waals surface area contributed by atoms with Crippen molar-refractivity contribution in [2.24, 2.45) is 5.92 Å². The van der Waals surface area contributed by atoms with Crippen LogP contribution in [-0.4, -0.2) is 41.3 Å². The Morgan fingerprint density at radius 3 is 2.39 bits per heavy atom. The van der Waals surface area contributed by atoms with Gasteiger partial charge in [0.2, 0.25) is 5.91 Å². The van der Waals surface area contributed by atoms with Crippen LogP contribution in [0.5, 0.6) is 0 Å². The highest BCUT2D eigenvalue weighted by Crippen LogP contribution is 2.20. The van der Waals surface area contributed by atoms with Crippen molar-refractivity contribution in [2.75, 3.05) is 19.6 Å². The summed E-state index contributed by atoms with van der Waals surface area (Å²) < 4.78 is 0. The van der Waals surface area contributed by atoms with Crippen molar-refractivity contribution in [2.45, 2.75) is 25.4 Å². The van der Waals surface area contributed by atoms with Gasteiger partial charge in [-0.15, -0.1) is 0 Å². The molecule has 0 radical (unpaired) electrons. The maximum absolute atomic E-state index is 13.3. The lowest BCUT2D eigenvalue weighted by Crippen LogP contribution is -2.43. The van der Waals surface area contributed by atoms with Gasteiger partial charge in [0.25, 0.3) is 5.91 Å². The van der Waals surface area contributed by atoms with Crippen LogP contribution in [0.25, 0.3) is 10.9 Å². The van der Waals surface area contributed by atoms with Gasteiger partial charge in [-0.1, -0.05) is 66.7 Å². The van der Waals surface area contributed by atoms with E-state index in [1.165, 1.54) is 5.56 Å². The quantitative estimate of drug-likeness (QED) is 0.343. The minimum atomic E-state index is -0.754. The Morgan fingerprint density at radius 1 is 0.917 bits per heavy atom. The Morgan fingerprint density at radius 2 is 1.64 bits per heavy atom. The Labute approximate surface area is 211 Å². The maximum Gasteiger partial charge on any atom is 0.252 e. The van der Waals surface area contributed by atoms with E-state index in [2.05, 4.69) is 44.8 Å². The molecule has 1 atom stereocenters. The van der Waals surface area contributed by atoms with Crippen LogP contribution in [0.1, 0.15) is 40.4 Å². The summed E-state index contributed by atoms with van der Waals surface area (Å²) in [4.78, 5) is 32.0. The second kappa shape index (κ2) is 11.2. The fraction of sp³-hybridized carbons (Fsp3) is 0.267. The van der Waals surface area contributed by atoms with Crippen LogP contribution in [0.4, 0.5) is 0 Å². The van der Waals surface area contributed by atoms with Crippen LogP contribution >= 0.6 is 0 Å². The number of aromatic amines is 1. The van der Waals surface area contributed by atoms with Gasteiger partial charge in [-0.2, -0.15) is 0 Å². The first kappa shape index (κ1) is 23.8. The van der Waals surface area contributed by atoms with Gasteiger partial charge < -0.3 is 15.6 Å². The standard InChI is InChI=1S/C30H32N4O2/c35-29(26-12-11-24-13-16-31-27(24)19-26)33-28(25-9-5-2-6-10-25)30(36)32-20-22-14-17-34(18-15-22)21-23-7-3-1-4-8-23/h1-13,16,19,22,28,31H,14-15,17-18,20-21H2,(H,32,36)(H,33,35)/t28-/m1/s1. The predicted octanol–water partition coefficient (Wildman–Crippen LogP) is 4.67. The molecule has 0 bridgehead atoms.